The molecule has 0 aliphatic heterocycles. The van der Waals surface area contributed by atoms with Crippen LogP contribution in [0.15, 0.2) is 54.6 Å². The first-order chi connectivity index (χ1) is 11.7. The normalized spacial score (nSPS) is 14.5. The van der Waals surface area contributed by atoms with E-state index in [1.54, 1.807) is 36.4 Å². The van der Waals surface area contributed by atoms with Crippen molar-refractivity contribution in [3.05, 3.63) is 65.7 Å². The minimum absolute atomic E-state index is 0.00490. The lowest BCUT2D eigenvalue weighted by atomic mass is 10.0. The van der Waals surface area contributed by atoms with Gasteiger partial charge in [0.2, 0.25) is 5.91 Å². The van der Waals surface area contributed by atoms with Crippen molar-refractivity contribution in [3.63, 3.8) is 0 Å². The third kappa shape index (κ3) is 4.31. The van der Waals surface area contributed by atoms with Crippen molar-refractivity contribution < 1.29 is 9.59 Å². The van der Waals surface area contributed by atoms with Crippen molar-refractivity contribution in [2.75, 3.05) is 5.32 Å². The molecular formula is C21H23NO2. The smallest absolute Gasteiger partial charge is 0.224 e. The number of hydrogen-bond donors (Lipinski definition) is 1. The third-order valence-electron chi connectivity index (χ3n) is 4.72. The van der Waals surface area contributed by atoms with Crippen LogP contribution >= 0.6 is 0 Å². The molecule has 0 spiro atoms. The molecule has 1 fully saturated rings. The molecule has 124 valence electrons. The fourth-order valence-electron chi connectivity index (χ4n) is 3.32. The van der Waals surface area contributed by atoms with Gasteiger partial charge in [-0.05, 0) is 36.6 Å². The molecule has 1 aliphatic rings. The van der Waals surface area contributed by atoms with Crippen molar-refractivity contribution >= 4 is 17.4 Å². The molecule has 3 heteroatoms. The summed E-state index contributed by atoms with van der Waals surface area (Å²) in [5, 5.41) is 2.92. The number of benzene rings is 2. The molecule has 0 unspecified atom stereocenters. The molecule has 2 aromatic carbocycles. The van der Waals surface area contributed by atoms with Gasteiger partial charge in [0.1, 0.15) is 0 Å². The van der Waals surface area contributed by atoms with Crippen molar-refractivity contribution in [2.45, 2.75) is 38.5 Å². The number of rotatable bonds is 6. The molecule has 3 rings (SSSR count). The lowest BCUT2D eigenvalue weighted by Crippen LogP contribution is -2.13. The van der Waals surface area contributed by atoms with E-state index in [0.29, 0.717) is 17.5 Å². The molecular weight excluding hydrogens is 298 g/mol. The van der Waals surface area contributed by atoms with Crippen molar-refractivity contribution in [3.8, 4) is 0 Å². The van der Waals surface area contributed by atoms with Crippen LogP contribution in [0.3, 0.4) is 0 Å². The van der Waals surface area contributed by atoms with E-state index in [-0.39, 0.29) is 11.7 Å². The van der Waals surface area contributed by atoms with Gasteiger partial charge in [-0.25, -0.2) is 0 Å². The number of ketones is 1. The molecule has 2 aromatic rings. The topological polar surface area (TPSA) is 46.2 Å². The van der Waals surface area contributed by atoms with E-state index >= 15 is 0 Å². The van der Waals surface area contributed by atoms with Gasteiger partial charge in [-0.15, -0.1) is 0 Å². The Bertz CT molecular complexity index is 686. The van der Waals surface area contributed by atoms with Crippen LogP contribution in [0.4, 0.5) is 5.69 Å². The lowest BCUT2D eigenvalue weighted by Gasteiger charge is -2.09. The largest absolute Gasteiger partial charge is 0.326 e. The van der Waals surface area contributed by atoms with Crippen LogP contribution in [0, 0.1) is 5.92 Å². The zero-order chi connectivity index (χ0) is 16.8. The Hall–Kier alpha value is -2.42. The fraction of sp³-hybridized carbons (Fsp3) is 0.333. The molecule has 0 radical (unpaired) electrons. The average molecular weight is 321 g/mol. The maximum atomic E-state index is 12.3. The zero-order valence-electron chi connectivity index (χ0n) is 13.8. The maximum Gasteiger partial charge on any atom is 0.224 e. The Morgan fingerprint density at radius 2 is 1.50 bits per heavy atom. The van der Waals surface area contributed by atoms with Gasteiger partial charge in [-0.3, -0.25) is 9.59 Å². The van der Waals surface area contributed by atoms with Crippen molar-refractivity contribution in [1.82, 2.24) is 0 Å². The van der Waals surface area contributed by atoms with Crippen LogP contribution in [0.1, 0.15) is 54.4 Å². The van der Waals surface area contributed by atoms with Gasteiger partial charge in [0, 0.05) is 23.2 Å². The molecule has 3 nitrogen and oxygen atoms in total. The predicted molar refractivity (Wildman–Crippen MR) is 96.1 cm³/mol. The summed E-state index contributed by atoms with van der Waals surface area (Å²) in [5.74, 6) is 0.778. The Kier molecular flexibility index (Phi) is 5.42. The van der Waals surface area contributed by atoms with Gasteiger partial charge >= 0.3 is 0 Å². The highest BCUT2D eigenvalue weighted by Gasteiger charge is 2.16. The van der Waals surface area contributed by atoms with Gasteiger partial charge in [0.05, 0.1) is 0 Å². The number of anilines is 1. The lowest BCUT2D eigenvalue weighted by molar-refractivity contribution is -0.116. The number of hydrogen-bond acceptors (Lipinski definition) is 2. The summed E-state index contributed by atoms with van der Waals surface area (Å²) >= 11 is 0. The van der Waals surface area contributed by atoms with Crippen LogP contribution in [-0.2, 0) is 4.79 Å². The van der Waals surface area contributed by atoms with Crippen molar-refractivity contribution in [2.24, 2.45) is 5.92 Å². The van der Waals surface area contributed by atoms with Gasteiger partial charge in [0.25, 0.3) is 0 Å². The highest BCUT2D eigenvalue weighted by atomic mass is 16.1. The number of amides is 1. The van der Waals surface area contributed by atoms with Crippen LogP contribution in [0.25, 0.3) is 0 Å². The standard InChI is InChI=1S/C21H23NO2/c23-20(15-10-16-6-4-5-7-16)22-19-13-11-18(12-14-19)21(24)17-8-2-1-3-9-17/h1-3,8-9,11-14,16H,4-7,10,15H2,(H,22,23). The highest BCUT2D eigenvalue weighted by molar-refractivity contribution is 6.09. The second kappa shape index (κ2) is 7.91. The Balaban J connectivity index is 1.54. The first kappa shape index (κ1) is 16.4. The molecule has 0 atom stereocenters. The minimum Gasteiger partial charge on any atom is -0.326 e. The molecule has 1 saturated carbocycles. The summed E-state index contributed by atoms with van der Waals surface area (Å²) in [7, 11) is 0. The van der Waals surface area contributed by atoms with Gasteiger partial charge < -0.3 is 5.32 Å². The first-order valence-electron chi connectivity index (χ1n) is 8.72. The fourth-order valence-corrected chi connectivity index (χ4v) is 3.32. The van der Waals surface area contributed by atoms with E-state index in [0.717, 1.165) is 18.0 Å². The highest BCUT2D eigenvalue weighted by Crippen LogP contribution is 2.28. The quantitative estimate of drug-likeness (QED) is 0.775. The predicted octanol–water partition coefficient (Wildman–Crippen LogP) is 4.83. The van der Waals surface area contributed by atoms with Gasteiger partial charge in [0.15, 0.2) is 5.78 Å². The SMILES string of the molecule is O=C(CCC1CCCC1)Nc1ccc(C(=O)c2ccccc2)cc1. The molecule has 0 aromatic heterocycles. The van der Waals surface area contributed by atoms with E-state index in [2.05, 4.69) is 5.32 Å². The Labute approximate surface area is 143 Å². The summed E-state index contributed by atoms with van der Waals surface area (Å²) in [5.41, 5.74) is 2.05. The summed E-state index contributed by atoms with van der Waals surface area (Å²) in [6, 6.07) is 16.3. The maximum absolute atomic E-state index is 12.3. The summed E-state index contributed by atoms with van der Waals surface area (Å²) in [4.78, 5) is 24.4. The van der Waals surface area contributed by atoms with Crippen LogP contribution in [0.2, 0.25) is 0 Å². The first-order valence-corrected chi connectivity index (χ1v) is 8.72. The van der Waals surface area contributed by atoms with Gasteiger partial charge in [-0.2, -0.15) is 0 Å². The van der Waals surface area contributed by atoms with Gasteiger partial charge in [-0.1, -0.05) is 56.0 Å². The number of carbonyl (C=O) groups is 2. The second-order valence-electron chi connectivity index (χ2n) is 6.51. The number of nitrogens with one attached hydrogen (secondary N) is 1. The molecule has 0 saturated heterocycles. The number of carbonyl (C=O) groups excluding carboxylic acids is 2. The van der Waals surface area contributed by atoms with E-state index in [1.165, 1.54) is 25.7 Å². The molecule has 1 amide bonds. The minimum atomic E-state index is -0.00490. The second-order valence-corrected chi connectivity index (χ2v) is 6.51. The summed E-state index contributed by atoms with van der Waals surface area (Å²) in [6.45, 7) is 0. The van der Waals surface area contributed by atoms with E-state index in [4.69, 9.17) is 0 Å². The molecule has 24 heavy (non-hydrogen) atoms. The molecule has 1 aliphatic carbocycles. The Morgan fingerprint density at radius 3 is 2.17 bits per heavy atom. The average Bonchev–Trinajstić information content (AvgIpc) is 3.14. The van der Waals surface area contributed by atoms with Crippen LogP contribution in [-0.4, -0.2) is 11.7 Å². The molecule has 0 bridgehead atoms. The van der Waals surface area contributed by atoms with E-state index in [1.807, 2.05) is 18.2 Å². The molecule has 1 N–H and O–H groups in total. The monoisotopic (exact) mass is 321 g/mol. The summed E-state index contributed by atoms with van der Waals surface area (Å²) < 4.78 is 0. The van der Waals surface area contributed by atoms with E-state index < -0.39 is 0 Å². The summed E-state index contributed by atoms with van der Waals surface area (Å²) in [6.07, 6.45) is 6.71. The zero-order valence-corrected chi connectivity index (χ0v) is 13.8. The van der Waals surface area contributed by atoms with E-state index in [9.17, 15) is 9.59 Å². The Morgan fingerprint density at radius 1 is 0.875 bits per heavy atom. The molecule has 0 heterocycles. The van der Waals surface area contributed by atoms with Crippen LogP contribution < -0.4 is 5.32 Å². The third-order valence-corrected chi connectivity index (χ3v) is 4.72. The van der Waals surface area contributed by atoms with Crippen molar-refractivity contribution in [1.29, 1.82) is 0 Å². The van der Waals surface area contributed by atoms with Crippen LogP contribution in [0.5, 0.6) is 0 Å².